The molecular formula is C32H49N5O8. The zero-order valence-electron chi connectivity index (χ0n) is 26.3. The van der Waals surface area contributed by atoms with Crippen LogP contribution in [-0.2, 0) is 13.1 Å². The van der Waals surface area contributed by atoms with Crippen molar-refractivity contribution in [2.24, 2.45) is 0 Å². The molecule has 0 aromatic heterocycles. The lowest BCUT2D eigenvalue weighted by molar-refractivity contribution is 0.0870. The van der Waals surface area contributed by atoms with E-state index in [4.69, 9.17) is 0 Å². The molecule has 2 amide bonds. The zero-order chi connectivity index (χ0) is 32.9. The third-order valence-electron chi connectivity index (χ3n) is 7.88. The molecule has 3 rings (SSSR count). The van der Waals surface area contributed by atoms with Crippen LogP contribution in [0.4, 0.5) is 0 Å². The van der Waals surface area contributed by atoms with Crippen LogP contribution in [0.15, 0.2) is 24.3 Å². The van der Waals surface area contributed by atoms with Crippen molar-refractivity contribution in [3.63, 3.8) is 0 Å². The van der Waals surface area contributed by atoms with Crippen LogP contribution in [0, 0.1) is 13.8 Å². The highest BCUT2D eigenvalue weighted by molar-refractivity contribution is 5.98. The van der Waals surface area contributed by atoms with Gasteiger partial charge in [-0.2, -0.15) is 0 Å². The first kappa shape index (κ1) is 36.2. The number of nitrogens with one attached hydrogen (secondary N) is 3. The van der Waals surface area contributed by atoms with Crippen molar-refractivity contribution in [2.45, 2.75) is 51.9 Å². The van der Waals surface area contributed by atoms with E-state index in [-0.39, 0.29) is 22.6 Å². The van der Waals surface area contributed by atoms with Gasteiger partial charge in [-0.1, -0.05) is 12.1 Å². The fourth-order valence-corrected chi connectivity index (χ4v) is 5.40. The van der Waals surface area contributed by atoms with Gasteiger partial charge in [0.25, 0.3) is 11.8 Å². The van der Waals surface area contributed by atoms with E-state index in [1.54, 1.807) is 12.1 Å². The second-order valence-electron chi connectivity index (χ2n) is 11.7. The maximum absolute atomic E-state index is 12.8. The summed E-state index contributed by atoms with van der Waals surface area (Å²) < 4.78 is 0. The van der Waals surface area contributed by atoms with E-state index in [0.717, 1.165) is 50.1 Å². The van der Waals surface area contributed by atoms with Gasteiger partial charge in [0.1, 0.15) is 11.5 Å². The number of nitrogens with zero attached hydrogens (tertiary/aromatic N) is 2. The number of aliphatic hydroxyl groups is 4. The van der Waals surface area contributed by atoms with Gasteiger partial charge in [0.15, 0.2) is 0 Å². The molecule has 250 valence electrons. The van der Waals surface area contributed by atoms with E-state index >= 15 is 0 Å². The molecule has 0 unspecified atom stereocenters. The number of carbonyl (C=O) groups excluding carboxylic acids is 2. The van der Waals surface area contributed by atoms with Crippen LogP contribution < -0.4 is 16.0 Å². The van der Waals surface area contributed by atoms with Crippen molar-refractivity contribution in [2.75, 3.05) is 65.7 Å². The van der Waals surface area contributed by atoms with Crippen molar-refractivity contribution < 1.29 is 40.2 Å². The van der Waals surface area contributed by atoms with Crippen LogP contribution in [-0.4, -0.2) is 130 Å². The van der Waals surface area contributed by atoms with Gasteiger partial charge in [0.2, 0.25) is 0 Å². The molecule has 0 aliphatic carbocycles. The summed E-state index contributed by atoms with van der Waals surface area (Å²) in [6.07, 6.45) is 1.77. The summed E-state index contributed by atoms with van der Waals surface area (Å²) in [5.74, 6) is -1.44. The Morgan fingerprint density at radius 1 is 0.689 bits per heavy atom. The molecule has 1 heterocycles. The highest BCUT2D eigenvalue weighted by atomic mass is 16.3. The van der Waals surface area contributed by atoms with Crippen molar-refractivity contribution in [1.82, 2.24) is 25.8 Å². The number of benzene rings is 2. The average molecular weight is 632 g/mol. The second kappa shape index (κ2) is 18.0. The Hall–Kier alpha value is -3.30. The van der Waals surface area contributed by atoms with Crippen LogP contribution >= 0.6 is 0 Å². The molecule has 1 aliphatic rings. The largest absolute Gasteiger partial charge is 0.507 e. The molecule has 0 bridgehead atoms. The standard InChI is InChI=1S/C32H49N5O8/c1-21-11-23(29(42)27(13-21)31(44)34-25(17-38)18-39)15-36-7-3-5-33-6-4-8-37(10-9-36)16-24-12-22(2)14-28(30(24)43)32(45)35-26(19-40)20-41/h11-14,25-26,33,38-43H,3-10,15-20H2,1-2H3,(H,34,44)(H,35,45). The van der Waals surface area contributed by atoms with Crippen LogP contribution in [0.5, 0.6) is 11.5 Å². The van der Waals surface area contributed by atoms with E-state index in [1.807, 2.05) is 26.0 Å². The average Bonchev–Trinajstić information content (AvgIpc) is 3.07. The smallest absolute Gasteiger partial charge is 0.255 e. The van der Waals surface area contributed by atoms with Crippen molar-refractivity contribution in [3.05, 3.63) is 57.6 Å². The number of aliphatic hydroxyl groups excluding tert-OH is 4. The molecule has 2 aromatic rings. The molecule has 1 saturated heterocycles. The summed E-state index contributed by atoms with van der Waals surface area (Å²) in [5, 5.41) is 68.1. The first-order chi connectivity index (χ1) is 21.6. The molecule has 13 nitrogen and oxygen atoms in total. The molecule has 13 heteroatoms. The normalized spacial score (nSPS) is 15.6. The number of phenols is 2. The van der Waals surface area contributed by atoms with E-state index in [0.29, 0.717) is 37.3 Å². The Morgan fingerprint density at radius 3 is 1.42 bits per heavy atom. The van der Waals surface area contributed by atoms with E-state index < -0.39 is 50.3 Å². The molecule has 0 atom stereocenters. The van der Waals surface area contributed by atoms with Crippen LogP contribution in [0.25, 0.3) is 0 Å². The molecule has 45 heavy (non-hydrogen) atoms. The van der Waals surface area contributed by atoms with E-state index in [2.05, 4.69) is 25.8 Å². The van der Waals surface area contributed by atoms with Gasteiger partial charge >= 0.3 is 0 Å². The third kappa shape index (κ3) is 10.6. The Morgan fingerprint density at radius 2 is 1.07 bits per heavy atom. The van der Waals surface area contributed by atoms with Gasteiger partial charge in [-0.3, -0.25) is 19.4 Å². The van der Waals surface area contributed by atoms with E-state index in [1.165, 1.54) is 0 Å². The minimum Gasteiger partial charge on any atom is -0.507 e. The Labute approximate surface area is 264 Å². The predicted octanol–water partition coefficient (Wildman–Crippen LogP) is -0.432. The molecule has 9 N–H and O–H groups in total. The maximum Gasteiger partial charge on any atom is 0.255 e. The minimum atomic E-state index is -0.832. The summed E-state index contributed by atoms with van der Waals surface area (Å²) in [4.78, 5) is 30.1. The molecule has 1 aliphatic heterocycles. The third-order valence-corrected chi connectivity index (χ3v) is 7.88. The monoisotopic (exact) mass is 631 g/mol. The van der Waals surface area contributed by atoms with Gasteiger partial charge in [0.05, 0.1) is 49.6 Å². The summed E-state index contributed by atoms with van der Waals surface area (Å²) in [5.41, 5.74) is 2.93. The van der Waals surface area contributed by atoms with Crippen molar-refractivity contribution in [1.29, 1.82) is 0 Å². The van der Waals surface area contributed by atoms with Gasteiger partial charge < -0.3 is 46.6 Å². The lowest BCUT2D eigenvalue weighted by Gasteiger charge is -2.28. The van der Waals surface area contributed by atoms with Gasteiger partial charge in [-0.05, 0) is 76.1 Å². The number of aryl methyl sites for hydroxylation is 2. The molecule has 0 spiro atoms. The summed E-state index contributed by atoms with van der Waals surface area (Å²) in [6.45, 7) is 7.16. The second-order valence-corrected chi connectivity index (χ2v) is 11.7. The van der Waals surface area contributed by atoms with Crippen molar-refractivity contribution >= 4 is 11.8 Å². The molecule has 0 radical (unpaired) electrons. The lowest BCUT2D eigenvalue weighted by Crippen LogP contribution is -2.40. The fraction of sp³-hybridized carbons (Fsp3) is 0.562. The predicted molar refractivity (Wildman–Crippen MR) is 169 cm³/mol. The Balaban J connectivity index is 1.80. The van der Waals surface area contributed by atoms with Gasteiger partial charge in [0, 0.05) is 37.3 Å². The number of aromatic hydroxyl groups is 2. The first-order valence-electron chi connectivity index (χ1n) is 15.5. The topological polar surface area (TPSA) is 198 Å². The summed E-state index contributed by atoms with van der Waals surface area (Å²) in [6, 6.07) is 5.18. The molecular weight excluding hydrogens is 582 g/mol. The fourth-order valence-electron chi connectivity index (χ4n) is 5.40. The number of rotatable bonds is 12. The van der Waals surface area contributed by atoms with Crippen molar-refractivity contribution in [3.8, 4) is 11.5 Å². The van der Waals surface area contributed by atoms with Crippen LogP contribution in [0.3, 0.4) is 0 Å². The number of carbonyl (C=O) groups is 2. The van der Waals surface area contributed by atoms with Crippen LogP contribution in [0.1, 0.15) is 55.8 Å². The van der Waals surface area contributed by atoms with Gasteiger partial charge in [-0.25, -0.2) is 0 Å². The van der Waals surface area contributed by atoms with Crippen LogP contribution in [0.2, 0.25) is 0 Å². The number of hydrogen-bond donors (Lipinski definition) is 9. The quantitative estimate of drug-likeness (QED) is 0.147. The van der Waals surface area contributed by atoms with Gasteiger partial charge in [-0.15, -0.1) is 0 Å². The molecule has 2 aromatic carbocycles. The summed E-state index contributed by atoms with van der Waals surface area (Å²) >= 11 is 0. The first-order valence-corrected chi connectivity index (χ1v) is 15.5. The highest BCUT2D eigenvalue weighted by Gasteiger charge is 2.22. The zero-order valence-corrected chi connectivity index (χ0v) is 26.3. The number of phenolic OH excluding ortho intramolecular Hbond substituents is 2. The highest BCUT2D eigenvalue weighted by Crippen LogP contribution is 2.28. The SMILES string of the molecule is Cc1cc(CN2CCCNCCCN(Cc3cc(C)cc(C(=O)NC(CO)CO)c3O)CC2)c(O)c(C(=O)NC(CO)CO)c1. The Kier molecular flexibility index (Phi) is 14.5. The molecule has 1 fully saturated rings. The van der Waals surface area contributed by atoms with E-state index in [9.17, 15) is 40.2 Å². The number of amides is 2. The minimum absolute atomic E-state index is 0.0807. The lowest BCUT2D eigenvalue weighted by atomic mass is 10.0. The summed E-state index contributed by atoms with van der Waals surface area (Å²) in [7, 11) is 0. The Bertz CT molecular complexity index is 1170. The maximum atomic E-state index is 12.8. The molecule has 0 saturated carbocycles. The number of hydrogen-bond acceptors (Lipinski definition) is 11.